The number of pyridine rings is 1. The smallest absolute Gasteiger partial charge is 0.275 e. The van der Waals surface area contributed by atoms with Gasteiger partial charge in [-0.2, -0.15) is 5.10 Å². The van der Waals surface area contributed by atoms with E-state index in [1.807, 2.05) is 0 Å². The number of nitrogens with zero attached hydrogens (tertiary/aromatic N) is 2. The highest BCUT2D eigenvalue weighted by atomic mass is 16.1. The molecule has 0 atom stereocenters. The molecule has 1 aliphatic heterocycles. The van der Waals surface area contributed by atoms with Gasteiger partial charge in [-0.15, -0.1) is 0 Å². The Morgan fingerprint density at radius 2 is 2.33 bits per heavy atom. The number of fused-ring (bicyclic) bond motifs is 1. The normalized spacial score (nSPS) is 14.0. The van der Waals surface area contributed by atoms with E-state index in [0.29, 0.717) is 11.5 Å². The first-order valence-corrected chi connectivity index (χ1v) is 5.84. The van der Waals surface area contributed by atoms with Crippen LogP contribution in [0.5, 0.6) is 0 Å². The molecule has 0 spiro atoms. The number of anilines is 1. The summed E-state index contributed by atoms with van der Waals surface area (Å²) in [4.78, 5) is 16.0. The molecule has 18 heavy (non-hydrogen) atoms. The quantitative estimate of drug-likeness (QED) is 0.725. The zero-order valence-corrected chi connectivity index (χ0v) is 9.73. The van der Waals surface area contributed by atoms with Crippen molar-refractivity contribution in [3.63, 3.8) is 0 Å². The standard InChI is InChI=1S/C12H13N5O/c18-12(10-3-1-2-5-14-10)15-11-8-7-13-6-4-9(8)16-17-11/h1-3,5,13H,4,6-7H2,(H2,15,16,17,18). The number of carbonyl (C=O) groups is 1. The Balaban J connectivity index is 1.81. The molecular weight excluding hydrogens is 230 g/mol. The molecule has 1 aliphatic rings. The Labute approximate surface area is 104 Å². The average Bonchev–Trinajstić information content (AvgIpc) is 2.83. The molecule has 6 nitrogen and oxygen atoms in total. The maximum Gasteiger partial charge on any atom is 0.275 e. The van der Waals surface area contributed by atoms with E-state index in [2.05, 4.69) is 25.8 Å². The van der Waals surface area contributed by atoms with E-state index in [4.69, 9.17) is 0 Å². The summed E-state index contributed by atoms with van der Waals surface area (Å²) in [5.74, 6) is 0.350. The fourth-order valence-corrected chi connectivity index (χ4v) is 2.00. The maximum atomic E-state index is 11.9. The first kappa shape index (κ1) is 10.9. The van der Waals surface area contributed by atoms with Gasteiger partial charge >= 0.3 is 0 Å². The molecule has 6 heteroatoms. The van der Waals surface area contributed by atoms with Gasteiger partial charge in [0.2, 0.25) is 0 Å². The minimum atomic E-state index is -0.240. The summed E-state index contributed by atoms with van der Waals surface area (Å²) < 4.78 is 0. The van der Waals surface area contributed by atoms with Crippen LogP contribution in [0.3, 0.4) is 0 Å². The van der Waals surface area contributed by atoms with Crippen molar-refractivity contribution in [1.29, 1.82) is 0 Å². The monoisotopic (exact) mass is 243 g/mol. The van der Waals surface area contributed by atoms with E-state index >= 15 is 0 Å². The maximum absolute atomic E-state index is 11.9. The van der Waals surface area contributed by atoms with Crippen LogP contribution in [0, 0.1) is 0 Å². The number of amides is 1. The number of aromatic nitrogens is 3. The van der Waals surface area contributed by atoms with Gasteiger partial charge in [-0.05, 0) is 12.1 Å². The van der Waals surface area contributed by atoms with Gasteiger partial charge in [0, 0.05) is 37.0 Å². The molecule has 0 unspecified atom stereocenters. The van der Waals surface area contributed by atoms with Gasteiger partial charge < -0.3 is 10.6 Å². The van der Waals surface area contributed by atoms with Crippen molar-refractivity contribution in [2.75, 3.05) is 11.9 Å². The number of H-pyrrole nitrogens is 1. The Morgan fingerprint density at radius 3 is 3.17 bits per heavy atom. The molecule has 0 saturated carbocycles. The Bertz CT molecular complexity index is 563. The lowest BCUT2D eigenvalue weighted by Gasteiger charge is -2.12. The molecule has 1 amide bonds. The highest BCUT2D eigenvalue weighted by molar-refractivity contribution is 6.02. The molecule has 92 valence electrons. The molecule has 3 rings (SSSR count). The molecule has 3 N–H and O–H groups in total. The highest BCUT2D eigenvalue weighted by Crippen LogP contribution is 2.19. The summed E-state index contributed by atoms with van der Waals surface area (Å²) >= 11 is 0. The van der Waals surface area contributed by atoms with Gasteiger partial charge in [0.05, 0.1) is 0 Å². The molecule has 0 aliphatic carbocycles. The minimum Gasteiger partial charge on any atom is -0.312 e. The second-order valence-corrected chi connectivity index (χ2v) is 4.13. The summed E-state index contributed by atoms with van der Waals surface area (Å²) in [6.45, 7) is 1.66. The van der Waals surface area contributed by atoms with Crippen molar-refractivity contribution in [2.45, 2.75) is 13.0 Å². The van der Waals surface area contributed by atoms with Crippen molar-refractivity contribution in [3.8, 4) is 0 Å². The molecule has 0 aromatic carbocycles. The number of rotatable bonds is 2. The van der Waals surface area contributed by atoms with Gasteiger partial charge in [-0.1, -0.05) is 6.07 Å². The Kier molecular flexibility index (Phi) is 2.77. The van der Waals surface area contributed by atoms with Crippen LogP contribution in [0.2, 0.25) is 0 Å². The summed E-state index contributed by atoms with van der Waals surface area (Å²) in [7, 11) is 0. The van der Waals surface area contributed by atoms with Crippen molar-refractivity contribution in [1.82, 2.24) is 20.5 Å². The van der Waals surface area contributed by atoms with E-state index in [9.17, 15) is 4.79 Å². The zero-order valence-electron chi connectivity index (χ0n) is 9.73. The average molecular weight is 243 g/mol. The van der Waals surface area contributed by atoms with E-state index in [-0.39, 0.29) is 5.91 Å². The molecule has 0 saturated heterocycles. The second kappa shape index (κ2) is 4.58. The summed E-state index contributed by atoms with van der Waals surface area (Å²) in [5.41, 5.74) is 2.51. The SMILES string of the molecule is O=C(Nc1n[nH]c2c1CNCC2)c1ccccn1. The van der Waals surface area contributed by atoms with Crippen LogP contribution >= 0.6 is 0 Å². The van der Waals surface area contributed by atoms with Gasteiger partial charge in [0.1, 0.15) is 5.69 Å². The number of hydrogen-bond acceptors (Lipinski definition) is 4. The summed E-state index contributed by atoms with van der Waals surface area (Å²) in [5, 5.41) is 13.1. The predicted octanol–water partition coefficient (Wildman–Crippen LogP) is 0.703. The van der Waals surface area contributed by atoms with Crippen molar-refractivity contribution >= 4 is 11.7 Å². The lowest BCUT2D eigenvalue weighted by atomic mass is 10.1. The lowest BCUT2D eigenvalue weighted by molar-refractivity contribution is 0.102. The van der Waals surface area contributed by atoms with Crippen molar-refractivity contribution in [2.24, 2.45) is 0 Å². The summed E-state index contributed by atoms with van der Waals surface area (Å²) in [6, 6.07) is 5.23. The fraction of sp³-hybridized carbons (Fsp3) is 0.250. The number of aromatic amines is 1. The zero-order chi connectivity index (χ0) is 12.4. The van der Waals surface area contributed by atoms with E-state index in [1.165, 1.54) is 0 Å². The van der Waals surface area contributed by atoms with Crippen LogP contribution in [0.4, 0.5) is 5.82 Å². The molecular formula is C12H13N5O. The lowest BCUT2D eigenvalue weighted by Crippen LogP contribution is -2.24. The predicted molar refractivity (Wildman–Crippen MR) is 66.2 cm³/mol. The molecule has 0 radical (unpaired) electrons. The molecule has 0 bridgehead atoms. The number of hydrogen-bond donors (Lipinski definition) is 3. The minimum absolute atomic E-state index is 0.240. The number of carbonyl (C=O) groups excluding carboxylic acids is 1. The van der Waals surface area contributed by atoms with Crippen LogP contribution in [-0.4, -0.2) is 27.6 Å². The first-order valence-electron chi connectivity index (χ1n) is 5.84. The van der Waals surface area contributed by atoms with Crippen LogP contribution in [0.15, 0.2) is 24.4 Å². The largest absolute Gasteiger partial charge is 0.312 e. The van der Waals surface area contributed by atoms with Crippen molar-refractivity contribution in [3.05, 3.63) is 41.3 Å². The molecule has 2 aromatic heterocycles. The third-order valence-corrected chi connectivity index (χ3v) is 2.94. The van der Waals surface area contributed by atoms with Crippen LogP contribution in [0.1, 0.15) is 21.7 Å². The van der Waals surface area contributed by atoms with Crippen LogP contribution in [-0.2, 0) is 13.0 Å². The van der Waals surface area contributed by atoms with Crippen molar-refractivity contribution < 1.29 is 4.79 Å². The van der Waals surface area contributed by atoms with Gasteiger partial charge in [0.25, 0.3) is 5.91 Å². The molecule has 3 heterocycles. The van der Waals surface area contributed by atoms with E-state index in [1.54, 1.807) is 24.4 Å². The summed E-state index contributed by atoms with van der Waals surface area (Å²) in [6.07, 6.45) is 2.50. The topological polar surface area (TPSA) is 82.7 Å². The highest BCUT2D eigenvalue weighted by Gasteiger charge is 2.18. The fourth-order valence-electron chi connectivity index (χ4n) is 2.00. The van der Waals surface area contributed by atoms with E-state index in [0.717, 1.165) is 30.8 Å². The third-order valence-electron chi connectivity index (χ3n) is 2.94. The van der Waals surface area contributed by atoms with E-state index < -0.39 is 0 Å². The van der Waals surface area contributed by atoms with Gasteiger partial charge in [0.15, 0.2) is 5.82 Å². The Morgan fingerprint density at radius 1 is 1.39 bits per heavy atom. The molecule has 0 fully saturated rings. The van der Waals surface area contributed by atoms with Gasteiger partial charge in [-0.25, -0.2) is 0 Å². The molecule has 2 aromatic rings. The Hall–Kier alpha value is -2.21. The first-order chi connectivity index (χ1) is 8.84. The second-order valence-electron chi connectivity index (χ2n) is 4.13. The van der Waals surface area contributed by atoms with Crippen LogP contribution < -0.4 is 10.6 Å². The number of nitrogens with one attached hydrogen (secondary N) is 3. The van der Waals surface area contributed by atoms with Crippen LogP contribution in [0.25, 0.3) is 0 Å². The van der Waals surface area contributed by atoms with Gasteiger partial charge in [-0.3, -0.25) is 14.9 Å². The third kappa shape index (κ3) is 1.98.